The molecule has 1 unspecified atom stereocenters. The van der Waals surface area contributed by atoms with Gasteiger partial charge in [-0.1, -0.05) is 35.9 Å². The summed E-state index contributed by atoms with van der Waals surface area (Å²) in [6.45, 7) is 1.98. The van der Waals surface area contributed by atoms with Gasteiger partial charge in [0.05, 0.1) is 7.11 Å². The van der Waals surface area contributed by atoms with Crippen LogP contribution in [0, 0.1) is 12.7 Å². The van der Waals surface area contributed by atoms with E-state index in [2.05, 4.69) is 5.32 Å². The van der Waals surface area contributed by atoms with Crippen LogP contribution in [0.2, 0.25) is 5.02 Å². The highest BCUT2D eigenvalue weighted by molar-refractivity contribution is 6.32. The molecule has 21 heavy (non-hydrogen) atoms. The SMILES string of the molecule is CNC(Cc1ccc(OC)c(F)c1)c1cccc(C)c1Cl. The fourth-order valence-corrected chi connectivity index (χ4v) is 2.64. The molecule has 2 nitrogen and oxygen atoms in total. The van der Waals surface area contributed by atoms with E-state index < -0.39 is 0 Å². The fourth-order valence-electron chi connectivity index (χ4n) is 2.38. The molecule has 0 spiro atoms. The Bertz CT molecular complexity index is 630. The molecule has 2 aromatic rings. The van der Waals surface area contributed by atoms with Crippen LogP contribution >= 0.6 is 11.6 Å². The number of nitrogens with one attached hydrogen (secondary N) is 1. The predicted octanol–water partition coefficient (Wildman–Crippen LogP) is 4.30. The van der Waals surface area contributed by atoms with Gasteiger partial charge in [0.25, 0.3) is 0 Å². The average molecular weight is 308 g/mol. The standard InChI is InChI=1S/C17H19ClFNO/c1-11-5-4-6-13(17(11)18)15(20-2)10-12-7-8-16(21-3)14(19)9-12/h4-9,15,20H,10H2,1-3H3. The van der Waals surface area contributed by atoms with Gasteiger partial charge in [0.1, 0.15) is 0 Å². The number of benzene rings is 2. The maximum absolute atomic E-state index is 13.8. The highest BCUT2D eigenvalue weighted by atomic mass is 35.5. The third-order valence-corrected chi connectivity index (χ3v) is 4.12. The molecule has 0 bridgehead atoms. The maximum atomic E-state index is 13.8. The topological polar surface area (TPSA) is 21.3 Å². The molecule has 0 aliphatic heterocycles. The number of hydrogen-bond acceptors (Lipinski definition) is 2. The Hall–Kier alpha value is -1.58. The number of methoxy groups -OCH3 is 1. The minimum Gasteiger partial charge on any atom is -0.494 e. The van der Waals surface area contributed by atoms with E-state index in [1.165, 1.54) is 13.2 Å². The van der Waals surface area contributed by atoms with Gasteiger partial charge in [0, 0.05) is 11.1 Å². The molecule has 2 rings (SSSR count). The van der Waals surface area contributed by atoms with Gasteiger partial charge >= 0.3 is 0 Å². The third-order valence-electron chi connectivity index (χ3n) is 3.60. The molecule has 112 valence electrons. The number of aryl methyl sites for hydroxylation is 1. The summed E-state index contributed by atoms with van der Waals surface area (Å²) in [4.78, 5) is 0. The molecule has 1 atom stereocenters. The minimum absolute atomic E-state index is 0.0326. The summed E-state index contributed by atoms with van der Waals surface area (Å²) in [6.07, 6.45) is 0.653. The summed E-state index contributed by atoms with van der Waals surface area (Å²) in [5.74, 6) is -0.0893. The Labute approximate surface area is 129 Å². The number of likely N-dealkylation sites (N-methyl/N-ethyl adjacent to an activating group) is 1. The average Bonchev–Trinajstić information content (AvgIpc) is 2.48. The summed E-state index contributed by atoms with van der Waals surface area (Å²) >= 11 is 6.38. The van der Waals surface area contributed by atoms with Crippen LogP contribution in [0.5, 0.6) is 5.75 Å². The molecule has 1 N–H and O–H groups in total. The zero-order chi connectivity index (χ0) is 15.4. The Morgan fingerprint density at radius 1 is 1.29 bits per heavy atom. The van der Waals surface area contributed by atoms with Crippen molar-refractivity contribution in [2.45, 2.75) is 19.4 Å². The van der Waals surface area contributed by atoms with Crippen molar-refractivity contribution in [2.75, 3.05) is 14.2 Å². The molecule has 0 fully saturated rings. The lowest BCUT2D eigenvalue weighted by atomic mass is 9.97. The number of halogens is 2. The molecule has 0 aliphatic carbocycles. The molecule has 0 amide bonds. The molecule has 0 aromatic heterocycles. The second-order valence-electron chi connectivity index (χ2n) is 4.99. The quantitative estimate of drug-likeness (QED) is 0.889. The van der Waals surface area contributed by atoms with E-state index in [9.17, 15) is 4.39 Å². The first-order chi connectivity index (χ1) is 10.1. The van der Waals surface area contributed by atoms with Crippen molar-refractivity contribution in [2.24, 2.45) is 0 Å². The van der Waals surface area contributed by atoms with Crippen molar-refractivity contribution < 1.29 is 9.13 Å². The van der Waals surface area contributed by atoms with Gasteiger partial charge in [-0.25, -0.2) is 4.39 Å². The normalized spacial score (nSPS) is 12.2. The van der Waals surface area contributed by atoms with Gasteiger partial charge in [-0.3, -0.25) is 0 Å². The number of rotatable bonds is 5. The van der Waals surface area contributed by atoms with Crippen LogP contribution in [-0.4, -0.2) is 14.2 Å². The van der Waals surface area contributed by atoms with Crippen LogP contribution in [0.25, 0.3) is 0 Å². The van der Waals surface area contributed by atoms with Crippen molar-refractivity contribution in [3.8, 4) is 5.75 Å². The second kappa shape index (κ2) is 6.92. The van der Waals surface area contributed by atoms with Gasteiger partial charge in [-0.2, -0.15) is 0 Å². The summed E-state index contributed by atoms with van der Waals surface area (Å²) in [5, 5.41) is 4.00. The monoisotopic (exact) mass is 307 g/mol. The van der Waals surface area contributed by atoms with Crippen LogP contribution in [-0.2, 0) is 6.42 Å². The molecule has 2 aromatic carbocycles. The van der Waals surface area contributed by atoms with Gasteiger partial charge in [0.2, 0.25) is 0 Å². The number of ether oxygens (including phenoxy) is 1. The van der Waals surface area contributed by atoms with Gasteiger partial charge in [0.15, 0.2) is 11.6 Å². The Morgan fingerprint density at radius 3 is 2.67 bits per heavy atom. The molecule has 0 heterocycles. The lowest BCUT2D eigenvalue weighted by molar-refractivity contribution is 0.386. The molecule has 0 aliphatic rings. The van der Waals surface area contributed by atoms with Gasteiger partial charge < -0.3 is 10.1 Å². The van der Waals surface area contributed by atoms with Crippen molar-refractivity contribution in [1.82, 2.24) is 5.32 Å². The first-order valence-electron chi connectivity index (χ1n) is 6.81. The van der Waals surface area contributed by atoms with Crippen LogP contribution in [0.4, 0.5) is 4.39 Å². The van der Waals surface area contributed by atoms with Crippen molar-refractivity contribution in [1.29, 1.82) is 0 Å². The molecule has 0 saturated carbocycles. The van der Waals surface area contributed by atoms with E-state index >= 15 is 0 Å². The van der Waals surface area contributed by atoms with Crippen LogP contribution < -0.4 is 10.1 Å². The van der Waals surface area contributed by atoms with E-state index in [1.807, 2.05) is 38.2 Å². The summed E-state index contributed by atoms with van der Waals surface area (Å²) < 4.78 is 18.7. The fraction of sp³-hybridized carbons (Fsp3) is 0.294. The van der Waals surface area contributed by atoms with Crippen molar-refractivity contribution in [3.05, 3.63) is 63.9 Å². The molecule has 0 radical (unpaired) electrons. The van der Waals surface area contributed by atoms with E-state index in [-0.39, 0.29) is 17.6 Å². The molecule has 4 heteroatoms. The van der Waals surface area contributed by atoms with Gasteiger partial charge in [-0.05, 0) is 49.2 Å². The summed E-state index contributed by atoms with van der Waals surface area (Å²) in [6, 6.07) is 11.0. The lowest BCUT2D eigenvalue weighted by Crippen LogP contribution is -2.19. The van der Waals surface area contributed by atoms with Crippen molar-refractivity contribution >= 4 is 11.6 Å². The minimum atomic E-state index is -0.347. The maximum Gasteiger partial charge on any atom is 0.165 e. The highest BCUT2D eigenvalue weighted by Crippen LogP contribution is 2.29. The van der Waals surface area contributed by atoms with Crippen LogP contribution in [0.1, 0.15) is 22.7 Å². The van der Waals surface area contributed by atoms with Gasteiger partial charge in [-0.15, -0.1) is 0 Å². The van der Waals surface area contributed by atoms with Crippen molar-refractivity contribution in [3.63, 3.8) is 0 Å². The lowest BCUT2D eigenvalue weighted by Gasteiger charge is -2.19. The predicted molar refractivity (Wildman–Crippen MR) is 84.6 cm³/mol. The van der Waals surface area contributed by atoms with Crippen LogP contribution in [0.3, 0.4) is 0 Å². The Morgan fingerprint density at radius 2 is 2.05 bits per heavy atom. The van der Waals surface area contributed by atoms with Crippen LogP contribution in [0.15, 0.2) is 36.4 Å². The number of hydrogen-bond donors (Lipinski definition) is 1. The zero-order valence-corrected chi connectivity index (χ0v) is 13.2. The largest absolute Gasteiger partial charge is 0.494 e. The molecule has 0 saturated heterocycles. The highest BCUT2D eigenvalue weighted by Gasteiger charge is 2.15. The Balaban J connectivity index is 2.27. The molecular weight excluding hydrogens is 289 g/mol. The van der Waals surface area contributed by atoms with E-state index in [0.717, 1.165) is 21.7 Å². The zero-order valence-electron chi connectivity index (χ0n) is 12.4. The third kappa shape index (κ3) is 3.55. The van der Waals surface area contributed by atoms with E-state index in [1.54, 1.807) is 6.07 Å². The smallest absolute Gasteiger partial charge is 0.165 e. The van der Waals surface area contributed by atoms with E-state index in [4.69, 9.17) is 16.3 Å². The first kappa shape index (κ1) is 15.8. The Kier molecular flexibility index (Phi) is 5.21. The molecular formula is C17H19ClFNO. The second-order valence-corrected chi connectivity index (χ2v) is 5.37. The first-order valence-corrected chi connectivity index (χ1v) is 7.19. The van der Waals surface area contributed by atoms with E-state index in [0.29, 0.717) is 6.42 Å². The summed E-state index contributed by atoms with van der Waals surface area (Å²) in [5.41, 5.74) is 2.95. The summed E-state index contributed by atoms with van der Waals surface area (Å²) in [7, 11) is 3.34.